The third-order valence-electron chi connectivity index (χ3n) is 5.66. The minimum absolute atomic E-state index is 0.126. The molecule has 0 spiro atoms. The largest absolute Gasteiger partial charge is 0.495 e. The molecule has 2 heterocycles. The summed E-state index contributed by atoms with van der Waals surface area (Å²) < 4.78 is 12.4. The molecule has 1 aliphatic rings. The third kappa shape index (κ3) is 5.38. The van der Waals surface area contributed by atoms with Crippen molar-refractivity contribution >= 4 is 28.8 Å². The first-order valence-corrected chi connectivity index (χ1v) is 11.1. The Bertz CT molecular complexity index is 1170. The molecular formula is C25H27ClN4O3. The fraction of sp³-hybridized carbons (Fsp3) is 0.280. The summed E-state index contributed by atoms with van der Waals surface area (Å²) in [6.07, 6.45) is 6.97. The Morgan fingerprint density at radius 2 is 1.91 bits per heavy atom. The highest BCUT2D eigenvalue weighted by Crippen LogP contribution is 2.36. The van der Waals surface area contributed by atoms with Crippen LogP contribution in [-0.2, 0) is 4.79 Å². The van der Waals surface area contributed by atoms with Crippen LogP contribution < -0.4 is 14.8 Å². The Labute approximate surface area is 198 Å². The summed E-state index contributed by atoms with van der Waals surface area (Å²) in [6, 6.07) is 11.6. The first kappa shape index (κ1) is 22.9. The van der Waals surface area contributed by atoms with Crippen molar-refractivity contribution in [1.29, 1.82) is 0 Å². The normalized spacial score (nSPS) is 14.0. The topological polar surface area (TPSA) is 68.6 Å². The molecule has 4 rings (SSSR count). The SMILES string of the molecule is COc1cc(OC)c(NC(=O)CN2CC=C(c3cnn(-c4ccc(C)cc4)c3)CC2)cc1Cl. The number of methoxy groups -OCH3 is 2. The van der Waals surface area contributed by atoms with E-state index >= 15 is 0 Å². The van der Waals surface area contributed by atoms with E-state index in [0.717, 1.165) is 24.2 Å². The van der Waals surface area contributed by atoms with Gasteiger partial charge in [-0.05, 0) is 37.1 Å². The lowest BCUT2D eigenvalue weighted by molar-refractivity contribution is -0.117. The number of anilines is 1. The maximum Gasteiger partial charge on any atom is 0.238 e. The Balaban J connectivity index is 1.36. The van der Waals surface area contributed by atoms with Gasteiger partial charge in [-0.3, -0.25) is 9.69 Å². The zero-order chi connectivity index (χ0) is 23.4. The molecule has 0 fully saturated rings. The Morgan fingerprint density at radius 1 is 1.15 bits per heavy atom. The van der Waals surface area contributed by atoms with Crippen LogP contribution in [0, 0.1) is 6.92 Å². The maximum absolute atomic E-state index is 12.6. The van der Waals surface area contributed by atoms with Crippen molar-refractivity contribution in [3.63, 3.8) is 0 Å². The number of amides is 1. The number of hydrogen-bond acceptors (Lipinski definition) is 5. The molecule has 172 valence electrons. The molecular weight excluding hydrogens is 440 g/mol. The average molecular weight is 467 g/mol. The van der Waals surface area contributed by atoms with Crippen LogP contribution in [0.2, 0.25) is 5.02 Å². The van der Waals surface area contributed by atoms with Crippen molar-refractivity contribution in [2.75, 3.05) is 39.2 Å². The molecule has 0 radical (unpaired) electrons. The molecule has 0 saturated heterocycles. The van der Waals surface area contributed by atoms with Crippen LogP contribution in [-0.4, -0.2) is 54.4 Å². The average Bonchev–Trinajstić information content (AvgIpc) is 3.30. The molecule has 3 aromatic rings. The second kappa shape index (κ2) is 10.1. The molecule has 0 aliphatic carbocycles. The number of nitrogens with one attached hydrogen (secondary N) is 1. The molecule has 0 unspecified atom stereocenters. The fourth-order valence-electron chi connectivity index (χ4n) is 3.79. The Hall–Kier alpha value is -3.29. The summed E-state index contributed by atoms with van der Waals surface area (Å²) in [5.74, 6) is 0.862. The van der Waals surface area contributed by atoms with E-state index in [1.54, 1.807) is 12.1 Å². The van der Waals surface area contributed by atoms with Gasteiger partial charge in [-0.25, -0.2) is 4.68 Å². The minimum atomic E-state index is -0.126. The zero-order valence-electron chi connectivity index (χ0n) is 19.0. The molecule has 1 N–H and O–H groups in total. The van der Waals surface area contributed by atoms with Gasteiger partial charge >= 0.3 is 0 Å². The number of carbonyl (C=O) groups excluding carboxylic acids is 1. The van der Waals surface area contributed by atoms with Crippen LogP contribution in [0.1, 0.15) is 17.5 Å². The number of hydrogen-bond donors (Lipinski definition) is 1. The van der Waals surface area contributed by atoms with Gasteiger partial charge in [0.1, 0.15) is 11.5 Å². The number of benzene rings is 2. The number of ether oxygens (including phenoxy) is 2. The molecule has 0 atom stereocenters. The Morgan fingerprint density at radius 3 is 2.58 bits per heavy atom. The summed E-state index contributed by atoms with van der Waals surface area (Å²) in [6.45, 7) is 3.83. The van der Waals surface area contributed by atoms with Gasteiger partial charge in [-0.1, -0.05) is 35.4 Å². The fourth-order valence-corrected chi connectivity index (χ4v) is 4.04. The zero-order valence-corrected chi connectivity index (χ0v) is 19.7. The first-order valence-electron chi connectivity index (χ1n) is 10.7. The van der Waals surface area contributed by atoms with E-state index in [1.807, 2.05) is 10.9 Å². The molecule has 2 aromatic carbocycles. The standard InChI is InChI=1S/C25H27ClN4O3/c1-17-4-6-20(7-5-17)30-15-19(14-27-30)18-8-10-29(11-9-18)16-25(31)28-22-12-21(26)23(32-2)13-24(22)33-3/h4-8,12-15H,9-11,16H2,1-3H3,(H,28,31). The summed E-state index contributed by atoms with van der Waals surface area (Å²) in [5, 5.41) is 7.81. The molecule has 0 bridgehead atoms. The highest BCUT2D eigenvalue weighted by molar-refractivity contribution is 6.32. The monoisotopic (exact) mass is 466 g/mol. The summed E-state index contributed by atoms with van der Waals surface area (Å²) in [7, 11) is 3.07. The molecule has 8 heteroatoms. The van der Waals surface area contributed by atoms with Crippen LogP contribution in [0.5, 0.6) is 11.5 Å². The van der Waals surface area contributed by atoms with E-state index in [0.29, 0.717) is 28.8 Å². The third-order valence-corrected chi connectivity index (χ3v) is 5.96. The maximum atomic E-state index is 12.6. The molecule has 1 amide bonds. The number of nitrogens with zero attached hydrogens (tertiary/aromatic N) is 3. The van der Waals surface area contributed by atoms with Crippen molar-refractivity contribution in [2.24, 2.45) is 0 Å². The summed E-state index contributed by atoms with van der Waals surface area (Å²) in [4.78, 5) is 14.7. The second-order valence-corrected chi connectivity index (χ2v) is 8.37. The lowest BCUT2D eigenvalue weighted by atomic mass is 10.0. The van der Waals surface area contributed by atoms with Gasteiger partial charge in [-0.2, -0.15) is 5.10 Å². The van der Waals surface area contributed by atoms with Crippen LogP contribution in [0.15, 0.2) is 54.9 Å². The molecule has 1 aliphatic heterocycles. The van der Waals surface area contributed by atoms with Gasteiger partial charge in [0.2, 0.25) is 5.91 Å². The van der Waals surface area contributed by atoms with Crippen molar-refractivity contribution in [3.05, 3.63) is 71.0 Å². The number of carbonyl (C=O) groups is 1. The highest BCUT2D eigenvalue weighted by atomic mass is 35.5. The van der Waals surface area contributed by atoms with E-state index in [1.165, 1.54) is 25.4 Å². The van der Waals surface area contributed by atoms with Crippen LogP contribution in [0.4, 0.5) is 5.69 Å². The van der Waals surface area contributed by atoms with E-state index in [-0.39, 0.29) is 12.5 Å². The van der Waals surface area contributed by atoms with Crippen molar-refractivity contribution in [2.45, 2.75) is 13.3 Å². The second-order valence-electron chi connectivity index (χ2n) is 7.96. The van der Waals surface area contributed by atoms with E-state index in [4.69, 9.17) is 21.1 Å². The van der Waals surface area contributed by atoms with Gasteiger partial charge in [0.05, 0.1) is 43.4 Å². The van der Waals surface area contributed by atoms with Crippen LogP contribution >= 0.6 is 11.6 Å². The van der Waals surface area contributed by atoms with E-state index in [9.17, 15) is 4.79 Å². The highest BCUT2D eigenvalue weighted by Gasteiger charge is 2.18. The molecule has 1 aromatic heterocycles. The quantitative estimate of drug-likeness (QED) is 0.552. The number of aromatic nitrogens is 2. The number of rotatable bonds is 7. The van der Waals surface area contributed by atoms with E-state index < -0.39 is 0 Å². The van der Waals surface area contributed by atoms with Gasteiger partial charge in [0.15, 0.2) is 0 Å². The van der Waals surface area contributed by atoms with Gasteiger partial charge in [0, 0.05) is 30.9 Å². The smallest absolute Gasteiger partial charge is 0.238 e. The molecule has 7 nitrogen and oxygen atoms in total. The van der Waals surface area contributed by atoms with Gasteiger partial charge in [0.25, 0.3) is 0 Å². The summed E-state index contributed by atoms with van der Waals surface area (Å²) in [5.41, 5.74) is 5.13. The predicted molar refractivity (Wildman–Crippen MR) is 131 cm³/mol. The molecule has 33 heavy (non-hydrogen) atoms. The van der Waals surface area contributed by atoms with Crippen LogP contribution in [0.3, 0.4) is 0 Å². The minimum Gasteiger partial charge on any atom is -0.495 e. The van der Waals surface area contributed by atoms with E-state index in [2.05, 4.69) is 58.8 Å². The van der Waals surface area contributed by atoms with Crippen molar-refractivity contribution in [1.82, 2.24) is 14.7 Å². The lowest BCUT2D eigenvalue weighted by Crippen LogP contribution is -2.36. The van der Waals surface area contributed by atoms with Crippen molar-refractivity contribution < 1.29 is 14.3 Å². The van der Waals surface area contributed by atoms with Crippen molar-refractivity contribution in [3.8, 4) is 17.2 Å². The number of halogens is 1. The van der Waals surface area contributed by atoms with Gasteiger partial charge in [-0.15, -0.1) is 0 Å². The Kier molecular flexibility index (Phi) is 7.01. The predicted octanol–water partition coefficient (Wildman–Crippen LogP) is 4.58. The summed E-state index contributed by atoms with van der Waals surface area (Å²) >= 11 is 6.20. The number of aryl methyl sites for hydroxylation is 1. The lowest BCUT2D eigenvalue weighted by Gasteiger charge is -2.25. The first-order chi connectivity index (χ1) is 16.0. The van der Waals surface area contributed by atoms with Gasteiger partial charge < -0.3 is 14.8 Å². The van der Waals surface area contributed by atoms with Crippen LogP contribution in [0.25, 0.3) is 11.3 Å². The molecule has 0 saturated carbocycles.